The fourth-order valence-corrected chi connectivity index (χ4v) is 1.92. The number of amides is 1. The van der Waals surface area contributed by atoms with Crippen LogP contribution in [-0.2, 0) is 11.4 Å². The van der Waals surface area contributed by atoms with Crippen LogP contribution in [0.1, 0.15) is 12.0 Å². The molecule has 0 saturated carbocycles. The maximum absolute atomic E-state index is 11.8. The zero-order valence-electron chi connectivity index (χ0n) is 8.97. The summed E-state index contributed by atoms with van der Waals surface area (Å²) in [4.78, 5) is 17.4. The Bertz CT molecular complexity index is 417. The summed E-state index contributed by atoms with van der Waals surface area (Å²) < 4.78 is 0. The number of aromatic nitrogens is 1. The molecule has 1 saturated heterocycles. The van der Waals surface area contributed by atoms with Crippen molar-refractivity contribution in [3.8, 4) is 0 Å². The van der Waals surface area contributed by atoms with Crippen LogP contribution in [-0.4, -0.2) is 22.5 Å². The second-order valence-corrected chi connectivity index (χ2v) is 3.87. The van der Waals surface area contributed by atoms with Gasteiger partial charge in [-0.25, -0.2) is 0 Å². The summed E-state index contributed by atoms with van der Waals surface area (Å²) in [5, 5.41) is 9.20. The van der Waals surface area contributed by atoms with Crippen LogP contribution >= 0.6 is 0 Å². The molecule has 1 aromatic heterocycles. The highest BCUT2D eigenvalue weighted by Crippen LogP contribution is 2.27. The van der Waals surface area contributed by atoms with Gasteiger partial charge in [-0.15, -0.1) is 6.58 Å². The lowest BCUT2D eigenvalue weighted by atomic mass is 10.1. The number of hydrogen-bond acceptors (Lipinski definition) is 3. The number of anilines is 1. The molecule has 1 aromatic rings. The van der Waals surface area contributed by atoms with Gasteiger partial charge in [0.15, 0.2) is 0 Å². The van der Waals surface area contributed by atoms with Crippen molar-refractivity contribution in [2.75, 3.05) is 11.4 Å². The zero-order valence-corrected chi connectivity index (χ0v) is 8.97. The minimum absolute atomic E-state index is 0.0626. The number of carbonyl (C=O) groups is 1. The predicted molar refractivity (Wildman–Crippen MR) is 60.8 cm³/mol. The van der Waals surface area contributed by atoms with Crippen LogP contribution in [0.3, 0.4) is 0 Å². The molecule has 1 fully saturated rings. The molecular weight excluding hydrogens is 204 g/mol. The molecule has 2 rings (SSSR count). The minimum atomic E-state index is -0.0829. The Morgan fingerprint density at radius 3 is 3.12 bits per heavy atom. The number of aliphatic hydroxyl groups excluding tert-OH is 1. The molecule has 16 heavy (non-hydrogen) atoms. The summed E-state index contributed by atoms with van der Waals surface area (Å²) in [7, 11) is 0. The molecule has 0 radical (unpaired) electrons. The number of pyridine rings is 1. The van der Waals surface area contributed by atoms with Crippen LogP contribution in [0, 0.1) is 5.92 Å². The number of aliphatic hydroxyl groups is 1. The van der Waals surface area contributed by atoms with E-state index in [0.29, 0.717) is 18.7 Å². The van der Waals surface area contributed by atoms with Crippen molar-refractivity contribution < 1.29 is 9.90 Å². The molecule has 1 N–H and O–H groups in total. The molecular formula is C12H14N2O2. The average molecular weight is 218 g/mol. The Kier molecular flexibility index (Phi) is 3.01. The quantitative estimate of drug-likeness (QED) is 0.773. The Hall–Kier alpha value is -1.68. The van der Waals surface area contributed by atoms with Crippen LogP contribution in [0.2, 0.25) is 0 Å². The van der Waals surface area contributed by atoms with E-state index in [1.807, 2.05) is 0 Å². The monoisotopic (exact) mass is 218 g/mol. The summed E-state index contributed by atoms with van der Waals surface area (Å²) >= 11 is 0. The maximum atomic E-state index is 11.8. The lowest BCUT2D eigenvalue weighted by molar-refractivity contribution is -0.117. The third-order valence-corrected chi connectivity index (χ3v) is 2.84. The van der Waals surface area contributed by atoms with Crippen LogP contribution in [0.25, 0.3) is 0 Å². The number of carbonyl (C=O) groups excluding carboxylic acids is 1. The van der Waals surface area contributed by atoms with E-state index in [4.69, 9.17) is 0 Å². The van der Waals surface area contributed by atoms with Gasteiger partial charge in [-0.1, -0.05) is 6.08 Å². The first kappa shape index (κ1) is 10.8. The van der Waals surface area contributed by atoms with Gasteiger partial charge in [0, 0.05) is 30.6 Å². The molecule has 0 aromatic carbocycles. The van der Waals surface area contributed by atoms with E-state index >= 15 is 0 Å². The molecule has 84 valence electrons. The largest absolute Gasteiger partial charge is 0.392 e. The van der Waals surface area contributed by atoms with Gasteiger partial charge in [-0.05, 0) is 6.07 Å². The summed E-state index contributed by atoms with van der Waals surface area (Å²) in [5.74, 6) is 0.256. The van der Waals surface area contributed by atoms with Crippen LogP contribution in [0.15, 0.2) is 31.1 Å². The fourth-order valence-electron chi connectivity index (χ4n) is 1.92. The van der Waals surface area contributed by atoms with Gasteiger partial charge in [0.05, 0.1) is 18.5 Å². The summed E-state index contributed by atoms with van der Waals surface area (Å²) in [6.45, 7) is 4.25. The molecule has 1 aliphatic heterocycles. The van der Waals surface area contributed by atoms with Crippen molar-refractivity contribution in [1.82, 2.24) is 4.98 Å². The van der Waals surface area contributed by atoms with Crippen molar-refractivity contribution in [1.29, 1.82) is 0 Å². The smallest absolute Gasteiger partial charge is 0.227 e. The van der Waals surface area contributed by atoms with Gasteiger partial charge < -0.3 is 10.0 Å². The number of hydrogen-bond donors (Lipinski definition) is 1. The molecule has 0 aliphatic carbocycles. The molecule has 0 spiro atoms. The number of rotatable bonds is 3. The Morgan fingerprint density at radius 2 is 2.50 bits per heavy atom. The highest BCUT2D eigenvalue weighted by Gasteiger charge is 2.29. The van der Waals surface area contributed by atoms with Crippen molar-refractivity contribution in [2.45, 2.75) is 13.0 Å². The molecule has 4 heteroatoms. The molecule has 1 amide bonds. The Morgan fingerprint density at radius 1 is 1.69 bits per heavy atom. The predicted octanol–water partition coefficient (Wildman–Crippen LogP) is 1.11. The molecule has 1 atom stereocenters. The van der Waals surface area contributed by atoms with Crippen LogP contribution < -0.4 is 4.90 Å². The Balaban J connectivity index is 2.30. The third-order valence-electron chi connectivity index (χ3n) is 2.84. The molecule has 1 unspecified atom stereocenters. The first-order valence-electron chi connectivity index (χ1n) is 5.23. The molecule has 0 bridgehead atoms. The van der Waals surface area contributed by atoms with Crippen molar-refractivity contribution >= 4 is 11.6 Å². The molecule has 2 heterocycles. The van der Waals surface area contributed by atoms with Gasteiger partial charge in [-0.2, -0.15) is 0 Å². The standard InChI is InChI=1S/C12H14N2O2/c1-2-9-5-12(16)14(7-9)11-6-13-4-3-10(11)8-15/h2-4,6,9,15H,1,5,7-8H2. The van der Waals surface area contributed by atoms with E-state index in [-0.39, 0.29) is 18.4 Å². The van der Waals surface area contributed by atoms with Gasteiger partial charge in [0.25, 0.3) is 0 Å². The highest BCUT2D eigenvalue weighted by molar-refractivity contribution is 5.96. The SMILES string of the molecule is C=CC1CC(=O)N(c2cnccc2CO)C1. The van der Waals surface area contributed by atoms with E-state index in [0.717, 1.165) is 5.56 Å². The molecule has 4 nitrogen and oxygen atoms in total. The second kappa shape index (κ2) is 4.45. The first-order valence-corrected chi connectivity index (χ1v) is 5.23. The van der Waals surface area contributed by atoms with E-state index in [1.165, 1.54) is 0 Å². The zero-order chi connectivity index (χ0) is 11.5. The van der Waals surface area contributed by atoms with Crippen molar-refractivity contribution in [2.24, 2.45) is 5.92 Å². The lowest BCUT2D eigenvalue weighted by Crippen LogP contribution is -2.25. The fraction of sp³-hybridized carbons (Fsp3) is 0.333. The maximum Gasteiger partial charge on any atom is 0.227 e. The third kappa shape index (κ3) is 1.84. The lowest BCUT2D eigenvalue weighted by Gasteiger charge is -2.18. The second-order valence-electron chi connectivity index (χ2n) is 3.87. The van der Waals surface area contributed by atoms with Crippen LogP contribution in [0.4, 0.5) is 5.69 Å². The van der Waals surface area contributed by atoms with Crippen LogP contribution in [0.5, 0.6) is 0 Å². The molecule has 1 aliphatic rings. The summed E-state index contributed by atoms with van der Waals surface area (Å²) in [5.41, 5.74) is 1.44. The average Bonchev–Trinajstić information content (AvgIpc) is 2.70. The van der Waals surface area contributed by atoms with Crippen molar-refractivity contribution in [3.63, 3.8) is 0 Å². The number of nitrogens with zero attached hydrogens (tertiary/aromatic N) is 2. The van der Waals surface area contributed by atoms with E-state index in [2.05, 4.69) is 11.6 Å². The van der Waals surface area contributed by atoms with Gasteiger partial charge in [-0.3, -0.25) is 9.78 Å². The normalized spacial score (nSPS) is 20.2. The minimum Gasteiger partial charge on any atom is -0.392 e. The topological polar surface area (TPSA) is 53.4 Å². The summed E-state index contributed by atoms with van der Waals surface area (Å²) in [6, 6.07) is 1.73. The van der Waals surface area contributed by atoms with E-state index in [1.54, 1.807) is 29.4 Å². The van der Waals surface area contributed by atoms with Gasteiger partial charge in [0.2, 0.25) is 5.91 Å². The highest BCUT2D eigenvalue weighted by atomic mass is 16.3. The Labute approximate surface area is 94.2 Å². The van der Waals surface area contributed by atoms with Gasteiger partial charge >= 0.3 is 0 Å². The van der Waals surface area contributed by atoms with E-state index in [9.17, 15) is 9.90 Å². The van der Waals surface area contributed by atoms with Gasteiger partial charge in [0.1, 0.15) is 0 Å². The van der Waals surface area contributed by atoms with E-state index < -0.39 is 0 Å². The first-order chi connectivity index (χ1) is 7.76. The summed E-state index contributed by atoms with van der Waals surface area (Å²) in [6.07, 6.45) is 5.52. The van der Waals surface area contributed by atoms with Crippen molar-refractivity contribution in [3.05, 3.63) is 36.7 Å².